The molecule has 19 heavy (non-hydrogen) atoms. The van der Waals surface area contributed by atoms with E-state index in [1.54, 1.807) is 18.2 Å². The van der Waals surface area contributed by atoms with Gasteiger partial charge >= 0.3 is 0 Å². The Morgan fingerprint density at radius 3 is 1.95 bits per heavy atom. The summed E-state index contributed by atoms with van der Waals surface area (Å²) in [5, 5.41) is 2.07. The largest absolute Gasteiger partial charge is 0.324 e. The van der Waals surface area contributed by atoms with Gasteiger partial charge in [-0.3, -0.25) is 0 Å². The Morgan fingerprint density at radius 1 is 0.895 bits per heavy atom. The first kappa shape index (κ1) is 15.0. The van der Waals surface area contributed by atoms with Crippen LogP contribution in [0.3, 0.4) is 0 Å². The molecule has 2 aromatic carbocycles. The monoisotopic (exact) mass is 333 g/mol. The molecule has 2 aromatic rings. The first-order valence-electron chi connectivity index (χ1n) is 5.60. The van der Waals surface area contributed by atoms with Crippen molar-refractivity contribution in [1.29, 1.82) is 0 Å². The smallest absolute Gasteiger partial charge is 0.0514 e. The minimum absolute atomic E-state index is 0.127. The van der Waals surface area contributed by atoms with E-state index >= 15 is 0 Å². The van der Waals surface area contributed by atoms with Gasteiger partial charge in [-0.1, -0.05) is 58.5 Å². The maximum Gasteiger partial charge on any atom is 0.0514 e. The predicted molar refractivity (Wildman–Crippen MR) is 84.5 cm³/mol. The van der Waals surface area contributed by atoms with Crippen LogP contribution in [0.15, 0.2) is 30.3 Å². The quantitative estimate of drug-likeness (QED) is 0.717. The van der Waals surface area contributed by atoms with E-state index in [0.29, 0.717) is 25.7 Å². The highest BCUT2D eigenvalue weighted by Gasteiger charge is 2.13. The van der Waals surface area contributed by atoms with Crippen LogP contribution in [0.4, 0.5) is 0 Å². The average molecular weight is 335 g/mol. The standard InChI is InChI=1S/C14H11Cl4N/c1-7(19)10-3-2-8(4-11(10)16)14-12(17)5-9(15)6-13(14)18/h2-7H,19H2,1H3. The van der Waals surface area contributed by atoms with Gasteiger partial charge in [-0.15, -0.1) is 0 Å². The maximum atomic E-state index is 6.22. The second-order valence-corrected chi connectivity index (χ2v) is 5.93. The molecular weight excluding hydrogens is 324 g/mol. The summed E-state index contributed by atoms with van der Waals surface area (Å²) in [6.45, 7) is 1.88. The van der Waals surface area contributed by atoms with Gasteiger partial charge in [0.05, 0.1) is 10.0 Å². The van der Waals surface area contributed by atoms with E-state index in [0.717, 1.165) is 11.1 Å². The number of rotatable bonds is 2. The fraction of sp³-hybridized carbons (Fsp3) is 0.143. The van der Waals surface area contributed by atoms with Crippen molar-refractivity contribution < 1.29 is 0 Å². The van der Waals surface area contributed by atoms with E-state index in [4.69, 9.17) is 52.1 Å². The van der Waals surface area contributed by atoms with Gasteiger partial charge in [0, 0.05) is 21.7 Å². The molecule has 5 heteroatoms. The number of nitrogens with two attached hydrogens (primary N) is 1. The summed E-state index contributed by atoms with van der Waals surface area (Å²) >= 11 is 24.5. The van der Waals surface area contributed by atoms with E-state index in [9.17, 15) is 0 Å². The molecule has 1 atom stereocenters. The van der Waals surface area contributed by atoms with Gasteiger partial charge in [0.25, 0.3) is 0 Å². The lowest BCUT2D eigenvalue weighted by molar-refractivity contribution is 0.819. The first-order valence-corrected chi connectivity index (χ1v) is 7.11. The van der Waals surface area contributed by atoms with Crippen molar-refractivity contribution >= 4 is 46.4 Å². The molecule has 100 valence electrons. The summed E-state index contributed by atoms with van der Waals surface area (Å²) in [7, 11) is 0. The third kappa shape index (κ3) is 3.18. The summed E-state index contributed by atoms with van der Waals surface area (Å²) in [6, 6.07) is 8.75. The Balaban J connectivity index is 2.57. The summed E-state index contributed by atoms with van der Waals surface area (Å²) in [4.78, 5) is 0. The molecule has 0 bridgehead atoms. The molecule has 2 N–H and O–H groups in total. The number of hydrogen-bond acceptors (Lipinski definition) is 1. The van der Waals surface area contributed by atoms with Crippen LogP contribution in [0.2, 0.25) is 20.1 Å². The Hall–Kier alpha value is -0.440. The SMILES string of the molecule is CC(N)c1ccc(-c2c(Cl)cc(Cl)cc2Cl)cc1Cl. The van der Waals surface area contributed by atoms with Crippen LogP contribution in [0.5, 0.6) is 0 Å². The molecule has 0 radical (unpaired) electrons. The van der Waals surface area contributed by atoms with Crippen LogP contribution >= 0.6 is 46.4 Å². The second kappa shape index (κ2) is 5.90. The van der Waals surface area contributed by atoms with Gasteiger partial charge in [0.1, 0.15) is 0 Å². The fourth-order valence-corrected chi connectivity index (χ4v) is 3.26. The molecule has 1 nitrogen and oxygen atoms in total. The van der Waals surface area contributed by atoms with E-state index in [2.05, 4.69) is 0 Å². The molecule has 0 fully saturated rings. The molecule has 0 aromatic heterocycles. The van der Waals surface area contributed by atoms with Crippen molar-refractivity contribution in [3.05, 3.63) is 56.0 Å². The highest BCUT2D eigenvalue weighted by Crippen LogP contribution is 2.38. The zero-order chi connectivity index (χ0) is 14.2. The zero-order valence-electron chi connectivity index (χ0n) is 10.1. The second-order valence-electron chi connectivity index (χ2n) is 4.27. The lowest BCUT2D eigenvalue weighted by Crippen LogP contribution is -2.05. The minimum Gasteiger partial charge on any atom is -0.324 e. The molecule has 0 aliphatic rings. The normalized spacial score (nSPS) is 12.5. The molecule has 1 unspecified atom stereocenters. The molecule has 0 saturated carbocycles. The molecular formula is C14H11Cl4N. The summed E-state index contributed by atoms with van der Waals surface area (Å²) in [5.41, 5.74) is 8.26. The molecule has 0 aliphatic heterocycles. The van der Waals surface area contributed by atoms with Crippen molar-refractivity contribution in [2.24, 2.45) is 5.73 Å². The van der Waals surface area contributed by atoms with E-state index < -0.39 is 0 Å². The van der Waals surface area contributed by atoms with Crippen molar-refractivity contribution in [3.8, 4) is 11.1 Å². The Labute approximate surface area is 132 Å². The van der Waals surface area contributed by atoms with Crippen LogP contribution in [0.25, 0.3) is 11.1 Å². The van der Waals surface area contributed by atoms with Crippen LogP contribution in [0.1, 0.15) is 18.5 Å². The van der Waals surface area contributed by atoms with Crippen molar-refractivity contribution in [2.45, 2.75) is 13.0 Å². The molecule has 0 amide bonds. The fourth-order valence-electron chi connectivity index (χ4n) is 1.87. The molecule has 2 rings (SSSR count). The molecule has 0 aliphatic carbocycles. The Kier molecular flexibility index (Phi) is 4.65. The van der Waals surface area contributed by atoms with Gasteiger partial charge < -0.3 is 5.73 Å². The van der Waals surface area contributed by atoms with Crippen LogP contribution in [-0.2, 0) is 0 Å². The van der Waals surface area contributed by atoms with Gasteiger partial charge in [-0.25, -0.2) is 0 Å². The third-order valence-corrected chi connectivity index (χ3v) is 3.93. The predicted octanol–water partition coefficient (Wildman–Crippen LogP) is 5.99. The summed E-state index contributed by atoms with van der Waals surface area (Å²) < 4.78 is 0. The first-order chi connectivity index (χ1) is 8.90. The van der Waals surface area contributed by atoms with Crippen LogP contribution in [-0.4, -0.2) is 0 Å². The number of hydrogen-bond donors (Lipinski definition) is 1. The van der Waals surface area contributed by atoms with Crippen LogP contribution in [0, 0.1) is 0 Å². The lowest BCUT2D eigenvalue weighted by atomic mass is 10.0. The van der Waals surface area contributed by atoms with Crippen molar-refractivity contribution in [2.75, 3.05) is 0 Å². The molecule has 0 heterocycles. The third-order valence-electron chi connectivity index (χ3n) is 2.79. The molecule has 0 saturated heterocycles. The zero-order valence-corrected chi connectivity index (χ0v) is 13.1. The summed E-state index contributed by atoms with van der Waals surface area (Å²) in [5.74, 6) is 0. The van der Waals surface area contributed by atoms with Gasteiger partial charge in [-0.2, -0.15) is 0 Å². The van der Waals surface area contributed by atoms with E-state index in [1.807, 2.05) is 19.1 Å². The van der Waals surface area contributed by atoms with Gasteiger partial charge in [-0.05, 0) is 36.2 Å². The van der Waals surface area contributed by atoms with Gasteiger partial charge in [0.2, 0.25) is 0 Å². The van der Waals surface area contributed by atoms with Crippen molar-refractivity contribution in [3.63, 3.8) is 0 Å². The average Bonchev–Trinajstić information content (AvgIpc) is 2.26. The van der Waals surface area contributed by atoms with Crippen molar-refractivity contribution in [1.82, 2.24) is 0 Å². The van der Waals surface area contributed by atoms with E-state index in [-0.39, 0.29) is 6.04 Å². The van der Waals surface area contributed by atoms with Crippen LogP contribution < -0.4 is 5.73 Å². The number of halogens is 4. The minimum atomic E-state index is -0.127. The highest BCUT2D eigenvalue weighted by molar-refractivity contribution is 6.42. The highest BCUT2D eigenvalue weighted by atomic mass is 35.5. The topological polar surface area (TPSA) is 26.0 Å². The molecule has 0 spiro atoms. The lowest BCUT2D eigenvalue weighted by Gasteiger charge is -2.12. The Morgan fingerprint density at radius 2 is 1.47 bits per heavy atom. The van der Waals surface area contributed by atoms with E-state index in [1.165, 1.54) is 0 Å². The summed E-state index contributed by atoms with van der Waals surface area (Å²) in [6.07, 6.45) is 0. The maximum absolute atomic E-state index is 6.22. The Bertz CT molecular complexity index is 600. The van der Waals surface area contributed by atoms with Gasteiger partial charge in [0.15, 0.2) is 0 Å². The number of benzene rings is 2.